The van der Waals surface area contributed by atoms with Gasteiger partial charge in [0.1, 0.15) is 48.8 Å². The Labute approximate surface area is 290 Å². The van der Waals surface area contributed by atoms with Crippen molar-refractivity contribution in [1.29, 1.82) is 0 Å². The predicted molar refractivity (Wildman–Crippen MR) is 162 cm³/mol. The van der Waals surface area contributed by atoms with Gasteiger partial charge in [-0.2, -0.15) is 0 Å². The smallest absolute Gasteiger partial charge is 0.418 e. The third-order valence-corrected chi connectivity index (χ3v) is 8.44. The summed E-state index contributed by atoms with van der Waals surface area (Å²) in [7, 11) is 0. The zero-order chi connectivity index (χ0) is 38.4. The highest BCUT2D eigenvalue weighted by Crippen LogP contribution is 2.40. The molecule has 0 aromatic carbocycles. The number of aliphatic hydroxyl groups excluding tert-OH is 8. The van der Waals surface area contributed by atoms with Gasteiger partial charge in [-0.05, 0) is 6.92 Å². The van der Waals surface area contributed by atoms with Crippen molar-refractivity contribution in [2.45, 2.75) is 119 Å². The molecule has 3 aliphatic heterocycles. The van der Waals surface area contributed by atoms with E-state index in [1.807, 2.05) is 0 Å². The molecule has 0 bridgehead atoms. The van der Waals surface area contributed by atoms with E-state index in [0.717, 1.165) is 13.0 Å². The first-order chi connectivity index (χ1) is 24.0. The van der Waals surface area contributed by atoms with E-state index in [9.17, 15) is 55.2 Å². The lowest BCUT2D eigenvalue weighted by Crippen LogP contribution is -2.72. The van der Waals surface area contributed by atoms with Gasteiger partial charge in [-0.15, -0.1) is 0 Å². The highest BCUT2D eigenvalue weighted by Gasteiger charge is 2.58. The van der Waals surface area contributed by atoms with Crippen molar-refractivity contribution in [3.8, 4) is 0 Å². The van der Waals surface area contributed by atoms with E-state index in [1.54, 1.807) is 0 Å². The predicted octanol–water partition coefficient (Wildman–Crippen LogP) is -6.50. The van der Waals surface area contributed by atoms with Gasteiger partial charge in [0, 0.05) is 18.9 Å². The second-order valence-corrected chi connectivity index (χ2v) is 11.9. The molecule has 22 heteroatoms. The summed E-state index contributed by atoms with van der Waals surface area (Å²) in [6.07, 6.45) is -16.7. The Hall–Kier alpha value is -2.75. The molecule has 3 fully saturated rings. The molecule has 3 saturated heterocycles. The largest absolute Gasteiger partial charge is 0.421 e. The standard InChI is InChI=1S/C29H47N3O19/c1-4-6-11(21(44-10(3)36)26(43)51-50-14(37)5-2)29(9-35)24(41)20(40)17(32)28(49-29)48-23-13(8-34)46-27(16(31)19(23)39)47-22-12(7-33)45-25(42)15(30)18(22)38/h4,6,12-13,15-20,22-25,27-28,33-35,38-42H,5,7-9,30-32H2,1-3H3/b6-4+,21-11+/t12-,13-,15-,16-,17-,18-,19-,20-,22?,23?,24+,25-,27+,28+,29+/m1/s1. The molecular weight excluding hydrogens is 694 g/mol. The van der Waals surface area contributed by atoms with Crippen molar-refractivity contribution in [3.05, 3.63) is 23.5 Å². The molecule has 0 aromatic rings. The number of hydrogen-bond acceptors (Lipinski definition) is 22. The number of carbonyl (C=O) groups excluding carboxylic acids is 3. The van der Waals surface area contributed by atoms with E-state index in [2.05, 4.69) is 9.78 Å². The van der Waals surface area contributed by atoms with Gasteiger partial charge in [-0.25, -0.2) is 19.4 Å². The van der Waals surface area contributed by atoms with E-state index in [0.29, 0.717) is 0 Å². The Morgan fingerprint density at radius 2 is 1.35 bits per heavy atom. The van der Waals surface area contributed by atoms with Crippen LogP contribution in [0.15, 0.2) is 23.5 Å². The maximum Gasteiger partial charge on any atom is 0.421 e. The summed E-state index contributed by atoms with van der Waals surface area (Å²) in [4.78, 5) is 45.6. The summed E-state index contributed by atoms with van der Waals surface area (Å²) >= 11 is 0. The zero-order valence-electron chi connectivity index (χ0n) is 27.9. The number of ether oxygens (including phenoxy) is 6. The number of esters is 1. The average Bonchev–Trinajstić information content (AvgIpc) is 3.11. The molecule has 0 aliphatic carbocycles. The van der Waals surface area contributed by atoms with Crippen LogP contribution in [0.2, 0.25) is 0 Å². The number of aliphatic hydroxyl groups is 8. The van der Waals surface area contributed by atoms with Gasteiger partial charge >= 0.3 is 17.9 Å². The van der Waals surface area contributed by atoms with Gasteiger partial charge < -0.3 is 86.5 Å². The van der Waals surface area contributed by atoms with Crippen molar-refractivity contribution in [3.63, 3.8) is 0 Å². The van der Waals surface area contributed by atoms with Gasteiger partial charge in [0.25, 0.3) is 0 Å². The van der Waals surface area contributed by atoms with Crippen molar-refractivity contribution in [2.75, 3.05) is 19.8 Å². The summed E-state index contributed by atoms with van der Waals surface area (Å²) < 4.78 is 33.4. The fourth-order valence-corrected chi connectivity index (χ4v) is 5.63. The SMILES string of the molecule is C/C=C/C(=C(\OC(C)=O)C(=O)OOC(=O)CC)[C@]1(CO)O[C@H](OC2[C@@H](CO)O[C@@H](OC3[C@@H](CO)O[C@@H](O)[C@H](N)[C@H]3O)[C@H](N)[C@H]2O)[C@H](N)[C@@H](O)[C@@H]1O. The van der Waals surface area contributed by atoms with Crippen molar-refractivity contribution >= 4 is 17.9 Å². The molecular formula is C29H47N3O19. The number of rotatable bonds is 12. The third kappa shape index (κ3) is 9.08. The molecule has 3 heterocycles. The van der Waals surface area contributed by atoms with E-state index >= 15 is 0 Å². The normalized spacial score (nSPS) is 40.7. The van der Waals surface area contributed by atoms with Crippen LogP contribution in [-0.4, -0.2) is 170 Å². The van der Waals surface area contributed by atoms with E-state index in [1.165, 1.54) is 19.9 Å². The van der Waals surface area contributed by atoms with Crippen LogP contribution in [0, 0.1) is 0 Å². The number of carbonyl (C=O) groups is 3. The summed E-state index contributed by atoms with van der Waals surface area (Å²) in [5.41, 5.74) is 14.8. The maximum atomic E-state index is 13.0. The molecule has 0 saturated carbocycles. The maximum absolute atomic E-state index is 13.0. The van der Waals surface area contributed by atoms with Gasteiger partial charge in [-0.3, -0.25) is 4.79 Å². The highest BCUT2D eigenvalue weighted by molar-refractivity contribution is 5.91. The van der Waals surface area contributed by atoms with Crippen LogP contribution in [0.25, 0.3) is 0 Å². The van der Waals surface area contributed by atoms with Gasteiger partial charge in [0.05, 0.1) is 37.9 Å². The third-order valence-electron chi connectivity index (χ3n) is 8.44. The molecule has 22 nitrogen and oxygen atoms in total. The van der Waals surface area contributed by atoms with Crippen LogP contribution >= 0.6 is 0 Å². The monoisotopic (exact) mass is 741 g/mol. The topological polar surface area (TPSA) is 365 Å². The zero-order valence-corrected chi connectivity index (χ0v) is 27.9. The first-order valence-corrected chi connectivity index (χ1v) is 15.8. The number of hydrogen-bond donors (Lipinski definition) is 11. The number of nitrogens with two attached hydrogens (primary N) is 3. The molecule has 2 unspecified atom stereocenters. The first-order valence-electron chi connectivity index (χ1n) is 15.8. The molecule has 3 aliphatic rings. The quantitative estimate of drug-likeness (QED) is 0.0221. The Bertz CT molecular complexity index is 1270. The lowest BCUT2D eigenvalue weighted by atomic mass is 9.79. The Morgan fingerprint density at radius 3 is 1.88 bits per heavy atom. The second-order valence-electron chi connectivity index (χ2n) is 11.9. The van der Waals surface area contributed by atoms with Gasteiger partial charge in [-0.1, -0.05) is 19.1 Å². The lowest BCUT2D eigenvalue weighted by Gasteiger charge is -2.51. The summed E-state index contributed by atoms with van der Waals surface area (Å²) in [5, 5.41) is 84.6. The molecule has 0 aromatic heterocycles. The summed E-state index contributed by atoms with van der Waals surface area (Å²) in [5.74, 6) is -4.73. The van der Waals surface area contributed by atoms with Crippen LogP contribution in [0.4, 0.5) is 0 Å². The van der Waals surface area contributed by atoms with Crippen LogP contribution in [-0.2, 0) is 52.6 Å². The Kier molecular flexibility index (Phi) is 15.3. The average molecular weight is 742 g/mol. The van der Waals surface area contributed by atoms with Crippen molar-refractivity contribution in [1.82, 2.24) is 0 Å². The van der Waals surface area contributed by atoms with Crippen LogP contribution in [0.5, 0.6) is 0 Å². The first kappa shape index (κ1) is 42.7. The van der Waals surface area contributed by atoms with Crippen LogP contribution in [0.3, 0.4) is 0 Å². The molecule has 15 atom stereocenters. The van der Waals surface area contributed by atoms with E-state index in [-0.39, 0.29) is 6.42 Å². The van der Waals surface area contributed by atoms with E-state index in [4.69, 9.17) is 45.6 Å². The highest BCUT2D eigenvalue weighted by atomic mass is 17.2. The molecule has 292 valence electrons. The minimum absolute atomic E-state index is 0.215. The number of allylic oxidation sites excluding steroid dienone is 1. The molecule has 0 radical (unpaired) electrons. The lowest BCUT2D eigenvalue weighted by molar-refractivity contribution is -0.356. The minimum atomic E-state index is -2.62. The van der Waals surface area contributed by atoms with Crippen molar-refractivity contribution in [2.24, 2.45) is 17.2 Å². The second kappa shape index (κ2) is 18.3. The molecule has 0 spiro atoms. The Balaban J connectivity index is 1.98. The molecule has 14 N–H and O–H groups in total. The molecule has 0 amide bonds. The molecule has 3 rings (SSSR count). The molecule has 51 heavy (non-hydrogen) atoms. The van der Waals surface area contributed by atoms with Crippen LogP contribution in [0.1, 0.15) is 27.2 Å². The summed E-state index contributed by atoms with van der Waals surface area (Å²) in [6, 6.07) is -4.59. The van der Waals surface area contributed by atoms with E-state index < -0.39 is 140 Å². The summed E-state index contributed by atoms with van der Waals surface area (Å²) in [6.45, 7) is 0.808. The van der Waals surface area contributed by atoms with Crippen LogP contribution < -0.4 is 17.2 Å². The minimum Gasteiger partial charge on any atom is -0.418 e. The van der Waals surface area contributed by atoms with Gasteiger partial charge in [0.15, 0.2) is 24.5 Å². The van der Waals surface area contributed by atoms with Gasteiger partial charge in [0.2, 0.25) is 5.76 Å². The Morgan fingerprint density at radius 1 is 0.804 bits per heavy atom. The van der Waals surface area contributed by atoms with Crippen molar-refractivity contribution < 1.29 is 93.4 Å². The fourth-order valence-electron chi connectivity index (χ4n) is 5.63. The fraction of sp³-hybridized carbons (Fsp3) is 0.759.